The summed E-state index contributed by atoms with van der Waals surface area (Å²) in [4.78, 5) is 0. The molecular formula is C18H29ClSi. The zero-order valence-corrected chi connectivity index (χ0v) is 14.8. The summed E-state index contributed by atoms with van der Waals surface area (Å²) in [6.45, 7) is 2.30. The van der Waals surface area contributed by atoms with Crippen LogP contribution in [0.4, 0.5) is 0 Å². The molecule has 1 saturated heterocycles. The highest BCUT2D eigenvalue weighted by Crippen LogP contribution is 2.35. The fourth-order valence-electron chi connectivity index (χ4n) is 3.56. The predicted octanol–water partition coefficient (Wildman–Crippen LogP) is 6.41. The van der Waals surface area contributed by atoms with E-state index in [-0.39, 0.29) is 8.80 Å². The van der Waals surface area contributed by atoms with Gasteiger partial charge in [-0.1, -0.05) is 80.9 Å². The van der Waals surface area contributed by atoms with Crippen LogP contribution in [-0.4, -0.2) is 8.80 Å². The molecule has 0 nitrogen and oxygen atoms in total. The van der Waals surface area contributed by atoms with E-state index < -0.39 is 0 Å². The Morgan fingerprint density at radius 1 is 1.00 bits per heavy atom. The molecule has 2 heteroatoms. The second-order valence-electron chi connectivity index (χ2n) is 6.47. The lowest BCUT2D eigenvalue weighted by atomic mass is 9.94. The average molecular weight is 309 g/mol. The minimum absolute atomic E-state index is 0.376. The topological polar surface area (TPSA) is 0 Å². The number of benzene rings is 1. The Morgan fingerprint density at radius 2 is 1.65 bits per heavy atom. The third-order valence-electron chi connectivity index (χ3n) is 4.90. The van der Waals surface area contributed by atoms with Crippen LogP contribution in [0.1, 0.15) is 63.4 Å². The fourth-order valence-corrected chi connectivity index (χ4v) is 7.16. The molecule has 0 unspecified atom stereocenters. The maximum Gasteiger partial charge on any atom is 0.0406 e. The first-order valence-corrected chi connectivity index (χ1v) is 11.4. The highest BCUT2D eigenvalue weighted by atomic mass is 35.5. The van der Waals surface area contributed by atoms with Crippen molar-refractivity contribution in [1.29, 1.82) is 0 Å². The van der Waals surface area contributed by atoms with Crippen LogP contribution in [-0.2, 0) is 0 Å². The standard InChI is InChI=1S/C18H29ClSi/c1-2-3-4-5-6-13-20-14-11-17(12-15-20)16-7-9-18(19)10-8-16/h7-10,17,20H,2-6,11-15H2,1H3/t17-,20-. The molecule has 1 aromatic rings. The SMILES string of the molecule is CCCCCCC[Si@H]1CC[C@H](c2ccc(Cl)cc2)CC1. The van der Waals surface area contributed by atoms with Crippen LogP contribution in [0.2, 0.25) is 23.2 Å². The zero-order valence-electron chi connectivity index (χ0n) is 12.9. The van der Waals surface area contributed by atoms with Crippen LogP contribution in [0.3, 0.4) is 0 Å². The van der Waals surface area contributed by atoms with Gasteiger partial charge in [0.1, 0.15) is 0 Å². The van der Waals surface area contributed by atoms with Crippen molar-refractivity contribution in [3.05, 3.63) is 34.9 Å². The van der Waals surface area contributed by atoms with Crippen LogP contribution >= 0.6 is 11.6 Å². The molecule has 0 bridgehead atoms. The summed E-state index contributed by atoms with van der Waals surface area (Å²) in [5.74, 6) is 0.816. The Balaban J connectivity index is 1.66. The molecule has 0 atom stereocenters. The van der Waals surface area contributed by atoms with Gasteiger partial charge in [-0.15, -0.1) is 0 Å². The molecule has 20 heavy (non-hydrogen) atoms. The Kier molecular flexibility index (Phi) is 7.16. The van der Waals surface area contributed by atoms with Crippen LogP contribution in [0.25, 0.3) is 0 Å². The minimum Gasteiger partial charge on any atom is -0.0843 e. The lowest BCUT2D eigenvalue weighted by Crippen LogP contribution is -2.20. The van der Waals surface area contributed by atoms with Gasteiger partial charge in [0.05, 0.1) is 0 Å². The van der Waals surface area contributed by atoms with Gasteiger partial charge in [-0.05, 0) is 36.5 Å². The van der Waals surface area contributed by atoms with E-state index in [0.717, 1.165) is 10.9 Å². The molecule has 0 N–H and O–H groups in total. The first kappa shape index (κ1) is 16.1. The van der Waals surface area contributed by atoms with Gasteiger partial charge in [-0.3, -0.25) is 0 Å². The number of hydrogen-bond acceptors (Lipinski definition) is 0. The Labute approximate surface area is 131 Å². The highest BCUT2D eigenvalue weighted by molar-refractivity contribution is 6.59. The van der Waals surface area contributed by atoms with E-state index in [4.69, 9.17) is 11.6 Å². The van der Waals surface area contributed by atoms with Crippen molar-refractivity contribution in [1.82, 2.24) is 0 Å². The van der Waals surface area contributed by atoms with E-state index in [1.165, 1.54) is 50.5 Å². The van der Waals surface area contributed by atoms with E-state index in [9.17, 15) is 0 Å². The third-order valence-corrected chi connectivity index (χ3v) is 8.68. The van der Waals surface area contributed by atoms with Crippen molar-refractivity contribution in [2.24, 2.45) is 0 Å². The van der Waals surface area contributed by atoms with E-state index in [0.29, 0.717) is 0 Å². The van der Waals surface area contributed by atoms with Crippen molar-refractivity contribution < 1.29 is 0 Å². The van der Waals surface area contributed by atoms with Crippen molar-refractivity contribution >= 4 is 20.4 Å². The second-order valence-corrected chi connectivity index (χ2v) is 10.4. The van der Waals surface area contributed by atoms with Gasteiger partial charge < -0.3 is 0 Å². The summed E-state index contributed by atoms with van der Waals surface area (Å²) >= 11 is 5.97. The Morgan fingerprint density at radius 3 is 2.30 bits per heavy atom. The van der Waals surface area contributed by atoms with Crippen LogP contribution in [0, 0.1) is 0 Å². The van der Waals surface area contributed by atoms with E-state index in [2.05, 4.69) is 19.1 Å². The fraction of sp³-hybridized carbons (Fsp3) is 0.667. The zero-order chi connectivity index (χ0) is 14.2. The molecule has 2 rings (SSSR count). The van der Waals surface area contributed by atoms with E-state index >= 15 is 0 Å². The van der Waals surface area contributed by atoms with Crippen LogP contribution < -0.4 is 0 Å². The molecule has 0 saturated carbocycles. The number of unbranched alkanes of at least 4 members (excludes halogenated alkanes) is 4. The molecule has 1 aromatic carbocycles. The van der Waals surface area contributed by atoms with Crippen molar-refractivity contribution in [2.45, 2.75) is 75.9 Å². The van der Waals surface area contributed by atoms with Gasteiger partial charge in [0.25, 0.3) is 0 Å². The molecular weight excluding hydrogens is 280 g/mol. The minimum atomic E-state index is -0.376. The molecule has 1 heterocycles. The molecule has 1 fully saturated rings. The molecule has 0 aromatic heterocycles. The van der Waals surface area contributed by atoms with Gasteiger partial charge in [0.15, 0.2) is 0 Å². The smallest absolute Gasteiger partial charge is 0.0406 e. The second kappa shape index (κ2) is 8.89. The molecule has 112 valence electrons. The lowest BCUT2D eigenvalue weighted by Gasteiger charge is -2.28. The van der Waals surface area contributed by atoms with Gasteiger partial charge in [0, 0.05) is 13.8 Å². The number of halogens is 1. The molecule has 0 aliphatic carbocycles. The number of rotatable bonds is 7. The molecule has 1 aliphatic heterocycles. The van der Waals surface area contributed by atoms with Gasteiger partial charge in [0.2, 0.25) is 0 Å². The quantitative estimate of drug-likeness (QED) is 0.403. The molecule has 0 amide bonds. The summed E-state index contributed by atoms with van der Waals surface area (Å²) in [6.07, 6.45) is 10.1. The molecule has 0 radical (unpaired) electrons. The van der Waals surface area contributed by atoms with Crippen LogP contribution in [0.5, 0.6) is 0 Å². The predicted molar refractivity (Wildman–Crippen MR) is 93.8 cm³/mol. The molecule has 1 aliphatic rings. The number of hydrogen-bond donors (Lipinski definition) is 0. The van der Waals surface area contributed by atoms with Gasteiger partial charge in [-0.2, -0.15) is 0 Å². The summed E-state index contributed by atoms with van der Waals surface area (Å²) in [5, 5.41) is 0.865. The summed E-state index contributed by atoms with van der Waals surface area (Å²) in [5.41, 5.74) is 1.52. The maximum atomic E-state index is 5.97. The Bertz CT molecular complexity index is 366. The van der Waals surface area contributed by atoms with Crippen molar-refractivity contribution in [3.63, 3.8) is 0 Å². The first-order valence-electron chi connectivity index (χ1n) is 8.55. The largest absolute Gasteiger partial charge is 0.0843 e. The Hall–Kier alpha value is -0.273. The monoisotopic (exact) mass is 308 g/mol. The van der Waals surface area contributed by atoms with Crippen molar-refractivity contribution in [3.8, 4) is 0 Å². The van der Waals surface area contributed by atoms with Gasteiger partial charge >= 0.3 is 0 Å². The van der Waals surface area contributed by atoms with E-state index in [1.54, 1.807) is 18.1 Å². The summed E-state index contributed by atoms with van der Waals surface area (Å²) in [7, 11) is -0.376. The highest BCUT2D eigenvalue weighted by Gasteiger charge is 2.22. The third kappa shape index (κ3) is 5.25. The first-order chi connectivity index (χ1) is 9.79. The van der Waals surface area contributed by atoms with Crippen molar-refractivity contribution in [2.75, 3.05) is 0 Å². The van der Waals surface area contributed by atoms with Gasteiger partial charge in [-0.25, -0.2) is 0 Å². The summed E-state index contributed by atoms with van der Waals surface area (Å²) in [6, 6.07) is 13.3. The van der Waals surface area contributed by atoms with E-state index in [1.807, 2.05) is 12.1 Å². The molecule has 0 spiro atoms. The maximum absolute atomic E-state index is 5.97. The average Bonchev–Trinajstić information content (AvgIpc) is 2.49. The summed E-state index contributed by atoms with van der Waals surface area (Å²) < 4.78 is 0. The van der Waals surface area contributed by atoms with Crippen LogP contribution in [0.15, 0.2) is 24.3 Å². The lowest BCUT2D eigenvalue weighted by molar-refractivity contribution is 0.600. The normalized spacial score (nSPS) is 22.9.